The first kappa shape index (κ1) is 25.8. The molecular weight excluding hydrogens is 428 g/mol. The molecule has 1 heterocycles. The second kappa shape index (κ2) is 12.0. The van der Waals surface area contributed by atoms with Gasteiger partial charge in [0.2, 0.25) is 11.7 Å². The number of alkyl carbamates (subject to hydrolysis) is 1. The molecule has 1 aromatic carbocycles. The monoisotopic (exact) mass is 460 g/mol. The predicted molar refractivity (Wildman–Crippen MR) is 120 cm³/mol. The van der Waals surface area contributed by atoms with E-state index in [-0.39, 0.29) is 24.3 Å². The number of nitrogens with one attached hydrogen (secondary N) is 2. The fourth-order valence-electron chi connectivity index (χ4n) is 3.18. The average Bonchev–Trinajstić information content (AvgIpc) is 3.09. The average molecular weight is 461 g/mol. The minimum atomic E-state index is -0.965. The normalized spacial score (nSPS) is 12.9. The lowest BCUT2D eigenvalue weighted by Gasteiger charge is -2.24. The van der Waals surface area contributed by atoms with Gasteiger partial charge in [0.1, 0.15) is 12.6 Å². The van der Waals surface area contributed by atoms with Crippen molar-refractivity contribution in [1.29, 1.82) is 0 Å². The summed E-state index contributed by atoms with van der Waals surface area (Å²) in [5.41, 5.74) is 0.817. The number of carbonyl (C=O) groups excluding carboxylic acids is 3. The van der Waals surface area contributed by atoms with Gasteiger partial charge in [-0.1, -0.05) is 58.0 Å². The molecular formula is C23H32N4O6. The molecule has 0 aliphatic rings. The van der Waals surface area contributed by atoms with E-state index >= 15 is 0 Å². The van der Waals surface area contributed by atoms with E-state index in [1.54, 1.807) is 0 Å². The summed E-state index contributed by atoms with van der Waals surface area (Å²) in [6.07, 6.45) is -0.0901. The van der Waals surface area contributed by atoms with Crippen LogP contribution in [0.25, 0.3) is 0 Å². The van der Waals surface area contributed by atoms with Crippen molar-refractivity contribution in [3.05, 3.63) is 52.3 Å². The topological polar surface area (TPSA) is 133 Å². The fourth-order valence-corrected chi connectivity index (χ4v) is 3.18. The van der Waals surface area contributed by atoms with Crippen LogP contribution in [0.1, 0.15) is 56.8 Å². The summed E-state index contributed by atoms with van der Waals surface area (Å²) in [5.74, 6) is -2.13. The lowest BCUT2D eigenvalue weighted by molar-refractivity contribution is -0.124. The Hall–Kier alpha value is -3.43. The quantitative estimate of drug-likeness (QED) is 0.492. The molecule has 2 atom stereocenters. The zero-order valence-electron chi connectivity index (χ0n) is 19.7. The number of ketones is 1. The molecule has 2 rings (SSSR count). The van der Waals surface area contributed by atoms with Crippen LogP contribution in [0.2, 0.25) is 0 Å². The van der Waals surface area contributed by atoms with Gasteiger partial charge in [0.25, 0.3) is 5.89 Å². The standard InChI is InChI=1S/C23H32N4O6/c1-14(2)11-17(19(28)21-26-27(5)23(31)33-21)24-20(29)18(12-15(3)4)25-22(30)32-13-16-9-7-6-8-10-16/h6-10,14-15,17-18H,11-13H2,1-5H3,(H,24,29)(H,25,30)/t17?,18-/m0/s1. The highest BCUT2D eigenvalue weighted by atomic mass is 16.5. The van der Waals surface area contributed by atoms with E-state index in [2.05, 4.69) is 15.7 Å². The number of aryl methyl sites for hydroxylation is 1. The van der Waals surface area contributed by atoms with Gasteiger partial charge >= 0.3 is 11.8 Å². The second-order valence-electron chi connectivity index (χ2n) is 8.74. The molecule has 0 aliphatic heterocycles. The van der Waals surface area contributed by atoms with Gasteiger partial charge in [-0.25, -0.2) is 9.59 Å². The van der Waals surface area contributed by atoms with Crippen molar-refractivity contribution < 1.29 is 23.5 Å². The van der Waals surface area contributed by atoms with Gasteiger partial charge in [-0.05, 0) is 30.2 Å². The highest BCUT2D eigenvalue weighted by molar-refractivity contribution is 5.99. The van der Waals surface area contributed by atoms with Crippen molar-refractivity contribution in [2.75, 3.05) is 0 Å². The number of hydrogen-bond donors (Lipinski definition) is 2. The minimum absolute atomic E-state index is 0.0574. The number of carbonyl (C=O) groups is 3. The molecule has 2 amide bonds. The van der Waals surface area contributed by atoms with Crippen LogP contribution >= 0.6 is 0 Å². The Morgan fingerprint density at radius 2 is 1.61 bits per heavy atom. The molecule has 0 fully saturated rings. The Morgan fingerprint density at radius 3 is 2.15 bits per heavy atom. The Balaban J connectivity index is 2.09. The Morgan fingerprint density at radius 1 is 1.00 bits per heavy atom. The smallest absolute Gasteiger partial charge is 0.437 e. The molecule has 0 aliphatic carbocycles. The van der Waals surface area contributed by atoms with Gasteiger partial charge in [-0.2, -0.15) is 4.68 Å². The first-order chi connectivity index (χ1) is 15.6. The first-order valence-corrected chi connectivity index (χ1v) is 10.9. The van der Waals surface area contributed by atoms with E-state index in [1.807, 2.05) is 58.0 Å². The molecule has 33 heavy (non-hydrogen) atoms. The largest absolute Gasteiger partial charge is 0.445 e. The van der Waals surface area contributed by atoms with Crippen molar-refractivity contribution in [2.24, 2.45) is 18.9 Å². The third kappa shape index (κ3) is 8.21. The lowest BCUT2D eigenvalue weighted by atomic mass is 9.98. The molecule has 1 unspecified atom stereocenters. The fraction of sp³-hybridized carbons (Fsp3) is 0.522. The molecule has 10 heteroatoms. The zero-order chi connectivity index (χ0) is 24.5. The summed E-state index contributed by atoms with van der Waals surface area (Å²) in [7, 11) is 1.36. The van der Waals surface area contributed by atoms with Gasteiger partial charge in [-0.3, -0.25) is 9.59 Å². The molecule has 0 saturated carbocycles. The van der Waals surface area contributed by atoms with Crippen molar-refractivity contribution in [3.63, 3.8) is 0 Å². The number of aromatic nitrogens is 2. The van der Waals surface area contributed by atoms with Gasteiger partial charge in [0.05, 0.1) is 6.04 Å². The molecule has 10 nitrogen and oxygen atoms in total. The molecule has 0 bridgehead atoms. The zero-order valence-corrected chi connectivity index (χ0v) is 19.7. The van der Waals surface area contributed by atoms with E-state index in [4.69, 9.17) is 9.15 Å². The molecule has 0 radical (unpaired) electrons. The van der Waals surface area contributed by atoms with E-state index in [1.165, 1.54) is 7.05 Å². The molecule has 1 aromatic heterocycles. The molecule has 0 spiro atoms. The summed E-state index contributed by atoms with van der Waals surface area (Å²) in [6.45, 7) is 7.68. The van der Waals surface area contributed by atoms with Crippen molar-refractivity contribution in [1.82, 2.24) is 20.4 Å². The van der Waals surface area contributed by atoms with Crippen LogP contribution < -0.4 is 16.4 Å². The van der Waals surface area contributed by atoms with Crippen LogP contribution in [0.3, 0.4) is 0 Å². The molecule has 2 aromatic rings. The van der Waals surface area contributed by atoms with Crippen molar-refractivity contribution in [2.45, 2.75) is 59.2 Å². The van der Waals surface area contributed by atoms with E-state index in [0.717, 1.165) is 10.2 Å². The number of hydrogen-bond acceptors (Lipinski definition) is 7. The third-order valence-electron chi connectivity index (χ3n) is 4.77. The van der Waals surface area contributed by atoms with Crippen molar-refractivity contribution in [3.8, 4) is 0 Å². The number of rotatable bonds is 11. The van der Waals surface area contributed by atoms with Crippen LogP contribution in [0.4, 0.5) is 4.79 Å². The second-order valence-corrected chi connectivity index (χ2v) is 8.74. The number of benzene rings is 1. The summed E-state index contributed by atoms with van der Waals surface area (Å²) in [4.78, 5) is 49.8. The maximum absolute atomic E-state index is 13.0. The summed E-state index contributed by atoms with van der Waals surface area (Å²) in [6, 6.07) is 7.30. The first-order valence-electron chi connectivity index (χ1n) is 10.9. The number of ether oxygens (including phenoxy) is 1. The van der Waals surface area contributed by atoms with Crippen LogP contribution in [0.15, 0.2) is 39.5 Å². The van der Waals surface area contributed by atoms with E-state index in [0.29, 0.717) is 12.8 Å². The number of amides is 2. The van der Waals surface area contributed by atoms with E-state index < -0.39 is 35.6 Å². The number of Topliss-reactive ketones (excluding diaryl/α,β-unsaturated/α-hetero) is 1. The summed E-state index contributed by atoms with van der Waals surface area (Å²) >= 11 is 0. The Bertz CT molecular complexity index is 996. The van der Waals surface area contributed by atoms with Crippen LogP contribution in [-0.4, -0.2) is 39.6 Å². The lowest BCUT2D eigenvalue weighted by Crippen LogP contribution is -2.52. The van der Waals surface area contributed by atoms with Gasteiger partial charge in [-0.15, -0.1) is 5.10 Å². The van der Waals surface area contributed by atoms with Gasteiger partial charge < -0.3 is 19.8 Å². The maximum atomic E-state index is 13.0. The van der Waals surface area contributed by atoms with Gasteiger partial charge in [0.15, 0.2) is 0 Å². The SMILES string of the molecule is CC(C)CC(NC(=O)[C@H](CC(C)C)NC(=O)OCc1ccccc1)C(=O)c1nn(C)c(=O)o1. The summed E-state index contributed by atoms with van der Waals surface area (Å²) in [5, 5.41) is 9.07. The maximum Gasteiger partial charge on any atom is 0.437 e. The third-order valence-corrected chi connectivity index (χ3v) is 4.77. The van der Waals surface area contributed by atoms with E-state index in [9.17, 15) is 19.2 Å². The Kier molecular flexibility index (Phi) is 9.38. The predicted octanol–water partition coefficient (Wildman–Crippen LogP) is 2.43. The number of nitrogens with zero attached hydrogens (tertiary/aromatic N) is 2. The van der Waals surface area contributed by atoms with Crippen LogP contribution in [-0.2, 0) is 23.2 Å². The molecule has 0 saturated heterocycles. The molecule has 180 valence electrons. The minimum Gasteiger partial charge on any atom is -0.445 e. The molecule has 2 N–H and O–H groups in total. The van der Waals surface area contributed by atoms with Gasteiger partial charge in [0, 0.05) is 7.05 Å². The van der Waals surface area contributed by atoms with Crippen LogP contribution in [0, 0.1) is 11.8 Å². The van der Waals surface area contributed by atoms with Crippen molar-refractivity contribution >= 4 is 17.8 Å². The highest BCUT2D eigenvalue weighted by Crippen LogP contribution is 2.12. The highest BCUT2D eigenvalue weighted by Gasteiger charge is 2.31. The summed E-state index contributed by atoms with van der Waals surface area (Å²) < 4.78 is 11.0. The Labute approximate surface area is 192 Å². The van der Waals surface area contributed by atoms with Crippen LogP contribution in [0.5, 0.6) is 0 Å².